The molecule has 22 heavy (non-hydrogen) atoms. The third-order valence-corrected chi connectivity index (χ3v) is 4.14. The molecule has 1 saturated heterocycles. The highest BCUT2D eigenvalue weighted by Crippen LogP contribution is 2.43. The highest BCUT2D eigenvalue weighted by Gasteiger charge is 2.53. The van der Waals surface area contributed by atoms with E-state index in [0.717, 1.165) is 0 Å². The van der Waals surface area contributed by atoms with E-state index in [2.05, 4.69) is 20.9 Å². The summed E-state index contributed by atoms with van der Waals surface area (Å²) in [6.45, 7) is 1.39. The molecule has 1 aliphatic rings. The summed E-state index contributed by atoms with van der Waals surface area (Å²) in [5, 5.41) is 29.7. The number of terminal acetylenes is 1. The van der Waals surface area contributed by atoms with Crippen LogP contribution in [-0.4, -0.2) is 53.2 Å². The Hall–Kier alpha value is -2.21. The van der Waals surface area contributed by atoms with Crippen molar-refractivity contribution in [3.05, 3.63) is 12.7 Å². The third kappa shape index (κ3) is 1.87. The number of aliphatic hydroxyl groups excluding tert-OH is 2. The molecule has 4 atom stereocenters. The van der Waals surface area contributed by atoms with Crippen molar-refractivity contribution in [1.29, 1.82) is 0 Å². The lowest BCUT2D eigenvalue weighted by molar-refractivity contribution is -0.0898. The molecule has 0 unspecified atom stereocenters. The van der Waals surface area contributed by atoms with Gasteiger partial charge in [0.1, 0.15) is 18.7 Å². The van der Waals surface area contributed by atoms with Crippen LogP contribution in [0, 0.1) is 18.3 Å². The first-order valence-electron chi connectivity index (χ1n) is 6.89. The highest BCUT2D eigenvalue weighted by atomic mass is 16.6. The summed E-state index contributed by atoms with van der Waals surface area (Å²) in [6, 6.07) is 0. The third-order valence-electron chi connectivity index (χ3n) is 4.14. The lowest BCUT2D eigenvalue weighted by Crippen LogP contribution is -2.43. The van der Waals surface area contributed by atoms with Gasteiger partial charge in [-0.15, -0.1) is 6.42 Å². The van der Waals surface area contributed by atoms with E-state index >= 15 is 0 Å². The number of imidazole rings is 1. The molecule has 8 heteroatoms. The summed E-state index contributed by atoms with van der Waals surface area (Å²) in [5.41, 5.74) is -0.858. The van der Waals surface area contributed by atoms with Crippen molar-refractivity contribution >= 4 is 11.2 Å². The van der Waals surface area contributed by atoms with Crippen LogP contribution < -0.4 is 0 Å². The van der Waals surface area contributed by atoms with Crippen molar-refractivity contribution in [2.75, 3.05) is 6.61 Å². The summed E-state index contributed by atoms with van der Waals surface area (Å²) < 4.78 is 7.39. The molecule has 0 spiro atoms. The molecular weight excluding hydrogens is 288 g/mol. The number of ether oxygens (including phenoxy) is 1. The van der Waals surface area contributed by atoms with Crippen LogP contribution in [0.5, 0.6) is 5.88 Å². The molecule has 8 nitrogen and oxygen atoms in total. The Morgan fingerprint density at radius 3 is 2.86 bits per heavy atom. The van der Waals surface area contributed by atoms with Gasteiger partial charge >= 0.3 is 0 Å². The minimum Gasteiger partial charge on any atom is -0.492 e. The van der Waals surface area contributed by atoms with Crippen LogP contribution in [0.4, 0.5) is 0 Å². The largest absolute Gasteiger partial charge is 0.492 e. The van der Waals surface area contributed by atoms with E-state index < -0.39 is 24.5 Å². The summed E-state index contributed by atoms with van der Waals surface area (Å²) in [4.78, 5) is 11.8. The number of hydrogen-bond donors (Lipinski definition) is 3. The monoisotopic (exact) mass is 304 g/mol. The molecule has 0 radical (unpaired) electrons. The van der Waals surface area contributed by atoms with Crippen LogP contribution in [0.1, 0.15) is 19.6 Å². The Labute approximate surface area is 126 Å². The minimum atomic E-state index is -1.46. The molecule has 0 saturated carbocycles. The molecule has 0 bridgehead atoms. The number of aliphatic hydroxyl groups is 2. The fourth-order valence-corrected chi connectivity index (χ4v) is 2.88. The van der Waals surface area contributed by atoms with Crippen molar-refractivity contribution in [3.8, 4) is 18.2 Å². The van der Waals surface area contributed by atoms with Crippen LogP contribution in [0.2, 0.25) is 0 Å². The number of rotatable bonds is 3. The van der Waals surface area contributed by atoms with Gasteiger partial charge in [0.05, 0.1) is 12.9 Å². The molecule has 2 aromatic rings. The summed E-state index contributed by atoms with van der Waals surface area (Å²) in [6.07, 6.45) is 7.01. The first kappa shape index (κ1) is 14.7. The van der Waals surface area contributed by atoms with Crippen molar-refractivity contribution in [2.45, 2.75) is 31.3 Å². The minimum absolute atomic E-state index is 0.234. The van der Waals surface area contributed by atoms with Gasteiger partial charge in [-0.25, -0.2) is 9.97 Å². The molecule has 1 fully saturated rings. The molecule has 116 valence electrons. The van der Waals surface area contributed by atoms with E-state index in [4.69, 9.17) is 11.2 Å². The predicted octanol–water partition coefficient (Wildman–Crippen LogP) is -0.188. The fourth-order valence-electron chi connectivity index (χ4n) is 2.88. The Balaban J connectivity index is 2.10. The quantitative estimate of drug-likeness (QED) is 0.674. The van der Waals surface area contributed by atoms with Crippen molar-refractivity contribution in [1.82, 2.24) is 19.5 Å². The first-order valence-corrected chi connectivity index (χ1v) is 6.89. The van der Waals surface area contributed by atoms with Crippen LogP contribution in [0.15, 0.2) is 12.7 Å². The van der Waals surface area contributed by atoms with Crippen LogP contribution >= 0.6 is 0 Å². The molecule has 3 rings (SSSR count). The molecule has 0 aliphatic carbocycles. The second-order valence-electron chi connectivity index (χ2n) is 5.24. The van der Waals surface area contributed by atoms with Crippen molar-refractivity contribution in [2.24, 2.45) is 5.92 Å². The first-order chi connectivity index (χ1) is 10.6. The zero-order valence-corrected chi connectivity index (χ0v) is 11.9. The second kappa shape index (κ2) is 5.21. The van der Waals surface area contributed by atoms with Crippen LogP contribution in [-0.2, 0) is 4.74 Å². The summed E-state index contributed by atoms with van der Waals surface area (Å²) in [5.74, 6) is 1.77. The van der Waals surface area contributed by atoms with E-state index in [-0.39, 0.29) is 17.3 Å². The van der Waals surface area contributed by atoms with E-state index in [9.17, 15) is 15.3 Å². The van der Waals surface area contributed by atoms with Gasteiger partial charge < -0.3 is 20.1 Å². The normalized spacial score (nSPS) is 31.5. The van der Waals surface area contributed by atoms with Gasteiger partial charge in [0.15, 0.2) is 16.8 Å². The average molecular weight is 304 g/mol. The maximum atomic E-state index is 10.5. The standard InChI is InChI=1S/C14H16N4O4/c1-3-8-10(20)14(4-2,5-19)22-13(8)18-7-17-9-11(18)15-6-16-12(9)21/h2,6-8,10,13,19-20H,3,5H2,1H3,(H,15,16,21)/t8-,10+,13-,14-/m1/s1. The lowest BCUT2D eigenvalue weighted by atomic mass is 9.89. The van der Waals surface area contributed by atoms with E-state index in [1.807, 2.05) is 6.92 Å². The molecule has 3 N–H and O–H groups in total. The SMILES string of the molecule is C#C[C@]1(CO)O[C@@H](n2cnc3c(O)ncnc32)[C@H](CC)[C@@H]1O. The summed E-state index contributed by atoms with van der Waals surface area (Å²) in [7, 11) is 0. The Kier molecular flexibility index (Phi) is 3.48. The van der Waals surface area contributed by atoms with Gasteiger partial charge in [-0.2, -0.15) is 4.98 Å². The number of aromatic hydroxyl groups is 1. The van der Waals surface area contributed by atoms with E-state index in [0.29, 0.717) is 12.1 Å². The van der Waals surface area contributed by atoms with Crippen LogP contribution in [0.25, 0.3) is 11.2 Å². The Morgan fingerprint density at radius 1 is 1.45 bits per heavy atom. The fraction of sp³-hybridized carbons (Fsp3) is 0.500. The predicted molar refractivity (Wildman–Crippen MR) is 75.5 cm³/mol. The average Bonchev–Trinajstić information content (AvgIpc) is 3.07. The second-order valence-corrected chi connectivity index (χ2v) is 5.24. The molecule has 1 aliphatic heterocycles. The Bertz CT molecular complexity index is 740. The molecule has 2 aromatic heterocycles. The zero-order valence-electron chi connectivity index (χ0n) is 11.9. The maximum absolute atomic E-state index is 10.5. The Morgan fingerprint density at radius 2 is 2.23 bits per heavy atom. The van der Waals surface area contributed by atoms with Crippen molar-refractivity contribution in [3.63, 3.8) is 0 Å². The topological polar surface area (TPSA) is 114 Å². The van der Waals surface area contributed by atoms with Gasteiger partial charge in [-0.3, -0.25) is 4.57 Å². The highest BCUT2D eigenvalue weighted by molar-refractivity contribution is 5.75. The molecule has 0 amide bonds. The van der Waals surface area contributed by atoms with E-state index in [1.165, 1.54) is 12.7 Å². The number of nitrogens with zero attached hydrogens (tertiary/aromatic N) is 4. The zero-order chi connectivity index (χ0) is 15.9. The van der Waals surface area contributed by atoms with Gasteiger partial charge in [0.2, 0.25) is 5.88 Å². The van der Waals surface area contributed by atoms with Gasteiger partial charge in [-0.05, 0) is 6.42 Å². The van der Waals surface area contributed by atoms with Crippen LogP contribution in [0.3, 0.4) is 0 Å². The van der Waals surface area contributed by atoms with Gasteiger partial charge in [0, 0.05) is 5.92 Å². The number of fused-ring (bicyclic) bond motifs is 1. The van der Waals surface area contributed by atoms with Gasteiger partial charge in [0.25, 0.3) is 0 Å². The smallest absolute Gasteiger partial charge is 0.242 e. The van der Waals surface area contributed by atoms with Crippen molar-refractivity contribution < 1.29 is 20.1 Å². The number of aromatic nitrogens is 4. The molecule has 0 aromatic carbocycles. The number of hydrogen-bond acceptors (Lipinski definition) is 7. The summed E-state index contributed by atoms with van der Waals surface area (Å²) >= 11 is 0. The molecular formula is C14H16N4O4. The van der Waals surface area contributed by atoms with E-state index in [1.54, 1.807) is 4.57 Å². The lowest BCUT2D eigenvalue weighted by Gasteiger charge is -2.24. The van der Waals surface area contributed by atoms with Gasteiger partial charge in [-0.1, -0.05) is 12.8 Å². The maximum Gasteiger partial charge on any atom is 0.242 e. The molecule has 3 heterocycles.